The highest BCUT2D eigenvalue weighted by Gasteiger charge is 2.12. The Kier molecular flexibility index (Phi) is 4.46. The van der Waals surface area contributed by atoms with Crippen molar-refractivity contribution in [3.8, 4) is 0 Å². The Labute approximate surface area is 77.5 Å². The maximum Gasteiger partial charge on any atom is 0.218 e. The van der Waals surface area contributed by atoms with E-state index >= 15 is 0 Å². The normalized spacial score (nSPS) is 23.8. The highest BCUT2D eigenvalue weighted by molar-refractivity contribution is 7.99. The summed E-state index contributed by atoms with van der Waals surface area (Å²) in [7, 11) is 0. The summed E-state index contributed by atoms with van der Waals surface area (Å²) in [4.78, 5) is 10.4. The highest BCUT2D eigenvalue weighted by Crippen LogP contribution is 2.16. The van der Waals surface area contributed by atoms with Crippen molar-refractivity contribution in [1.82, 2.24) is 5.32 Å². The molecule has 0 aromatic carbocycles. The van der Waals surface area contributed by atoms with Gasteiger partial charge in [0.2, 0.25) is 5.91 Å². The van der Waals surface area contributed by atoms with Crippen LogP contribution in [0.25, 0.3) is 0 Å². The fraction of sp³-hybridized carbons (Fsp3) is 0.875. The molecule has 1 aliphatic heterocycles. The van der Waals surface area contributed by atoms with Crippen LogP contribution >= 0.6 is 11.8 Å². The molecular formula is C8H16N2OS. The first kappa shape index (κ1) is 9.86. The Balaban J connectivity index is 2.01. The summed E-state index contributed by atoms with van der Waals surface area (Å²) in [6.45, 7) is 0.737. The maximum atomic E-state index is 10.4. The number of carbonyl (C=O) groups excluding carboxylic acids is 1. The molecule has 0 aromatic rings. The van der Waals surface area contributed by atoms with Gasteiger partial charge in [-0.25, -0.2) is 0 Å². The van der Waals surface area contributed by atoms with Crippen molar-refractivity contribution in [2.45, 2.75) is 25.3 Å². The highest BCUT2D eigenvalue weighted by atomic mass is 32.2. The van der Waals surface area contributed by atoms with Gasteiger partial charge in [-0.15, -0.1) is 0 Å². The van der Waals surface area contributed by atoms with Crippen LogP contribution < -0.4 is 11.1 Å². The third-order valence-electron chi connectivity index (χ3n) is 1.96. The summed E-state index contributed by atoms with van der Waals surface area (Å²) in [6, 6.07) is 0.600. The summed E-state index contributed by atoms with van der Waals surface area (Å²) in [5.74, 6) is 2.25. The molecule has 0 aliphatic carbocycles. The van der Waals surface area contributed by atoms with Crippen LogP contribution in [0.4, 0.5) is 0 Å². The van der Waals surface area contributed by atoms with E-state index in [1.807, 2.05) is 11.8 Å². The van der Waals surface area contributed by atoms with Crippen molar-refractivity contribution in [2.24, 2.45) is 5.73 Å². The SMILES string of the molecule is NC(=O)CCNC1CCCSC1. The summed E-state index contributed by atoms with van der Waals surface area (Å²) in [6.07, 6.45) is 2.99. The van der Waals surface area contributed by atoms with Crippen LogP contribution in [0, 0.1) is 0 Å². The zero-order valence-corrected chi connectivity index (χ0v) is 8.03. The van der Waals surface area contributed by atoms with Crippen LogP contribution in [0.15, 0.2) is 0 Å². The molecule has 12 heavy (non-hydrogen) atoms. The van der Waals surface area contributed by atoms with Gasteiger partial charge in [0, 0.05) is 24.8 Å². The number of hydrogen-bond donors (Lipinski definition) is 2. The largest absolute Gasteiger partial charge is 0.370 e. The Bertz CT molecular complexity index is 146. The minimum Gasteiger partial charge on any atom is -0.370 e. The number of hydrogen-bond acceptors (Lipinski definition) is 3. The summed E-state index contributed by atoms with van der Waals surface area (Å²) in [5.41, 5.74) is 5.02. The van der Waals surface area contributed by atoms with Gasteiger partial charge >= 0.3 is 0 Å². The van der Waals surface area contributed by atoms with E-state index in [2.05, 4.69) is 5.32 Å². The fourth-order valence-electron chi connectivity index (χ4n) is 1.30. The molecule has 4 heteroatoms. The summed E-state index contributed by atoms with van der Waals surface area (Å²) >= 11 is 1.98. The van der Waals surface area contributed by atoms with E-state index in [1.54, 1.807) is 0 Å². The van der Waals surface area contributed by atoms with Crippen molar-refractivity contribution >= 4 is 17.7 Å². The van der Waals surface area contributed by atoms with Gasteiger partial charge in [-0.2, -0.15) is 11.8 Å². The monoisotopic (exact) mass is 188 g/mol. The molecule has 0 aromatic heterocycles. The second kappa shape index (κ2) is 5.43. The predicted octanol–water partition coefficient (Wildman–Crippen LogP) is 0.347. The van der Waals surface area contributed by atoms with Crippen LogP contribution in [0.3, 0.4) is 0 Å². The number of nitrogens with two attached hydrogens (primary N) is 1. The molecule has 1 aliphatic rings. The lowest BCUT2D eigenvalue weighted by Crippen LogP contribution is -2.35. The van der Waals surface area contributed by atoms with Gasteiger partial charge in [-0.1, -0.05) is 0 Å². The molecule has 1 saturated heterocycles. The Morgan fingerprint density at radius 2 is 2.50 bits per heavy atom. The predicted molar refractivity (Wildman–Crippen MR) is 52.2 cm³/mol. The molecular weight excluding hydrogens is 172 g/mol. The van der Waals surface area contributed by atoms with E-state index in [1.165, 1.54) is 24.3 Å². The second-order valence-corrected chi connectivity index (χ2v) is 4.23. The van der Waals surface area contributed by atoms with E-state index in [-0.39, 0.29) is 5.91 Å². The van der Waals surface area contributed by atoms with Gasteiger partial charge in [-0.05, 0) is 18.6 Å². The first-order valence-electron chi connectivity index (χ1n) is 4.38. The first-order chi connectivity index (χ1) is 5.79. The van der Waals surface area contributed by atoms with Crippen LogP contribution in [0.5, 0.6) is 0 Å². The van der Waals surface area contributed by atoms with E-state index in [0.29, 0.717) is 12.5 Å². The molecule has 0 bridgehead atoms. The van der Waals surface area contributed by atoms with Crippen molar-refractivity contribution < 1.29 is 4.79 Å². The molecule has 1 unspecified atom stereocenters. The number of amides is 1. The molecule has 1 amide bonds. The van der Waals surface area contributed by atoms with E-state index in [9.17, 15) is 4.79 Å². The average Bonchev–Trinajstić information content (AvgIpc) is 2.05. The van der Waals surface area contributed by atoms with Crippen LogP contribution in [-0.4, -0.2) is 30.0 Å². The lowest BCUT2D eigenvalue weighted by atomic mass is 10.2. The van der Waals surface area contributed by atoms with Gasteiger partial charge in [0.1, 0.15) is 0 Å². The number of nitrogens with one attached hydrogen (secondary N) is 1. The second-order valence-electron chi connectivity index (χ2n) is 3.08. The molecule has 1 rings (SSSR count). The fourth-order valence-corrected chi connectivity index (χ4v) is 2.41. The lowest BCUT2D eigenvalue weighted by Gasteiger charge is -2.22. The van der Waals surface area contributed by atoms with Gasteiger partial charge in [0.15, 0.2) is 0 Å². The topological polar surface area (TPSA) is 55.1 Å². The molecule has 3 N–H and O–H groups in total. The van der Waals surface area contributed by atoms with Crippen molar-refractivity contribution in [3.05, 3.63) is 0 Å². The molecule has 3 nitrogen and oxygen atoms in total. The quantitative estimate of drug-likeness (QED) is 0.669. The van der Waals surface area contributed by atoms with Crippen LogP contribution in [-0.2, 0) is 4.79 Å². The minimum atomic E-state index is -0.217. The molecule has 1 atom stereocenters. The third-order valence-corrected chi connectivity index (χ3v) is 3.18. The van der Waals surface area contributed by atoms with Crippen LogP contribution in [0.1, 0.15) is 19.3 Å². The maximum absolute atomic E-state index is 10.4. The summed E-state index contributed by atoms with van der Waals surface area (Å²) in [5, 5.41) is 3.33. The number of rotatable bonds is 4. The molecule has 0 saturated carbocycles. The first-order valence-corrected chi connectivity index (χ1v) is 5.54. The lowest BCUT2D eigenvalue weighted by molar-refractivity contribution is -0.117. The van der Waals surface area contributed by atoms with Crippen molar-refractivity contribution in [2.75, 3.05) is 18.1 Å². The number of thioether (sulfide) groups is 1. The molecule has 0 radical (unpaired) electrons. The van der Waals surface area contributed by atoms with Crippen molar-refractivity contribution in [3.63, 3.8) is 0 Å². The Hall–Kier alpha value is -0.220. The third kappa shape index (κ3) is 3.97. The van der Waals surface area contributed by atoms with Gasteiger partial charge < -0.3 is 11.1 Å². The van der Waals surface area contributed by atoms with Gasteiger partial charge in [0.05, 0.1) is 0 Å². The van der Waals surface area contributed by atoms with Gasteiger partial charge in [0.25, 0.3) is 0 Å². The minimum absolute atomic E-state index is 0.217. The molecule has 1 heterocycles. The van der Waals surface area contributed by atoms with E-state index in [4.69, 9.17) is 5.73 Å². The smallest absolute Gasteiger partial charge is 0.218 e. The Morgan fingerprint density at radius 1 is 1.67 bits per heavy atom. The summed E-state index contributed by atoms with van der Waals surface area (Å²) < 4.78 is 0. The Morgan fingerprint density at radius 3 is 3.08 bits per heavy atom. The zero-order chi connectivity index (χ0) is 8.81. The molecule has 70 valence electrons. The van der Waals surface area contributed by atoms with Gasteiger partial charge in [-0.3, -0.25) is 4.79 Å². The average molecular weight is 188 g/mol. The van der Waals surface area contributed by atoms with E-state index < -0.39 is 0 Å². The molecule has 1 fully saturated rings. The standard InChI is InChI=1S/C8H16N2OS/c9-8(11)3-4-10-7-2-1-5-12-6-7/h7,10H,1-6H2,(H2,9,11). The van der Waals surface area contributed by atoms with Crippen molar-refractivity contribution in [1.29, 1.82) is 0 Å². The number of carbonyl (C=O) groups is 1. The zero-order valence-electron chi connectivity index (χ0n) is 7.21. The number of primary amides is 1. The molecule has 0 spiro atoms. The van der Waals surface area contributed by atoms with Crippen LogP contribution in [0.2, 0.25) is 0 Å². The van der Waals surface area contributed by atoms with E-state index in [0.717, 1.165) is 6.54 Å².